The summed E-state index contributed by atoms with van der Waals surface area (Å²) in [5.74, 6) is 0.731. The van der Waals surface area contributed by atoms with Gasteiger partial charge in [-0.3, -0.25) is 4.79 Å². The Balaban J connectivity index is 1.88. The van der Waals surface area contributed by atoms with Crippen LogP contribution < -0.4 is 10.6 Å². The topological polar surface area (TPSA) is 66.9 Å². The van der Waals surface area contributed by atoms with Crippen LogP contribution in [0.1, 0.15) is 27.0 Å². The van der Waals surface area contributed by atoms with Crippen LogP contribution in [0.2, 0.25) is 0 Å². The smallest absolute Gasteiger partial charge is 0.262 e. The zero-order chi connectivity index (χ0) is 15.5. The number of nitrogens with one attached hydrogen (secondary N) is 2. The molecule has 3 rings (SSSR count). The maximum Gasteiger partial charge on any atom is 0.262 e. The molecule has 1 amide bonds. The third kappa shape index (κ3) is 2.82. The molecule has 0 unspecified atom stereocenters. The molecule has 2 N–H and O–H groups in total. The van der Waals surface area contributed by atoms with Crippen LogP contribution in [0, 0.1) is 6.92 Å². The number of carbonyl (C=O) groups excluding carboxylic acids is 1. The molecule has 0 aliphatic carbocycles. The van der Waals surface area contributed by atoms with E-state index in [1.807, 2.05) is 31.4 Å². The molecule has 0 spiro atoms. The molecule has 0 atom stereocenters. The molecule has 22 heavy (non-hydrogen) atoms. The Morgan fingerprint density at radius 2 is 2.23 bits per heavy atom. The molecule has 0 saturated carbocycles. The van der Waals surface area contributed by atoms with Crippen molar-refractivity contribution in [2.45, 2.75) is 20.4 Å². The average Bonchev–Trinajstić information content (AvgIpc) is 3.14. The van der Waals surface area contributed by atoms with Crippen molar-refractivity contribution in [3.8, 4) is 0 Å². The first-order chi connectivity index (χ1) is 10.7. The Kier molecular flexibility index (Phi) is 4.35. The summed E-state index contributed by atoms with van der Waals surface area (Å²) in [6, 6.07) is 3.99. The number of aromatic nitrogens is 2. The van der Waals surface area contributed by atoms with Crippen molar-refractivity contribution in [1.29, 1.82) is 0 Å². The first-order valence-electron chi connectivity index (χ1n) is 6.99. The van der Waals surface area contributed by atoms with E-state index in [2.05, 4.69) is 20.6 Å². The van der Waals surface area contributed by atoms with Crippen molar-refractivity contribution in [2.75, 3.05) is 11.9 Å². The third-order valence-corrected chi connectivity index (χ3v) is 5.36. The lowest BCUT2D eigenvalue weighted by molar-refractivity contribution is 0.0955. The van der Waals surface area contributed by atoms with Crippen LogP contribution >= 0.6 is 22.7 Å². The van der Waals surface area contributed by atoms with Gasteiger partial charge in [0.1, 0.15) is 17.0 Å². The third-order valence-electron chi connectivity index (χ3n) is 3.28. The van der Waals surface area contributed by atoms with Crippen LogP contribution in [0.25, 0.3) is 10.2 Å². The Bertz CT molecular complexity index is 795. The molecule has 3 aromatic rings. The molecule has 0 aliphatic rings. The Morgan fingerprint density at radius 1 is 1.36 bits per heavy atom. The zero-order valence-electron chi connectivity index (χ0n) is 12.3. The van der Waals surface area contributed by atoms with Gasteiger partial charge in [0.05, 0.1) is 16.8 Å². The van der Waals surface area contributed by atoms with Crippen molar-refractivity contribution < 1.29 is 4.79 Å². The van der Waals surface area contributed by atoms with E-state index in [9.17, 15) is 4.79 Å². The number of hydrogen-bond donors (Lipinski definition) is 2. The summed E-state index contributed by atoms with van der Waals surface area (Å²) >= 11 is 3.04. The summed E-state index contributed by atoms with van der Waals surface area (Å²) in [5, 5.41) is 9.14. The molecule has 114 valence electrons. The number of thiophene rings is 2. The highest BCUT2D eigenvalue weighted by atomic mass is 32.1. The van der Waals surface area contributed by atoms with Gasteiger partial charge in [-0.25, -0.2) is 9.97 Å². The molecule has 3 aromatic heterocycles. The van der Waals surface area contributed by atoms with Crippen molar-refractivity contribution in [1.82, 2.24) is 15.3 Å². The number of aryl methyl sites for hydroxylation is 1. The number of fused-ring (bicyclic) bond motifs is 1. The maximum atomic E-state index is 12.4. The summed E-state index contributed by atoms with van der Waals surface area (Å²) in [4.78, 5) is 23.7. The van der Waals surface area contributed by atoms with E-state index < -0.39 is 0 Å². The molecule has 0 aliphatic heterocycles. The highest BCUT2D eigenvalue weighted by Gasteiger charge is 2.18. The van der Waals surface area contributed by atoms with Crippen LogP contribution in [0.15, 0.2) is 23.8 Å². The van der Waals surface area contributed by atoms with Gasteiger partial charge in [-0.05, 0) is 30.9 Å². The van der Waals surface area contributed by atoms with E-state index in [-0.39, 0.29) is 5.91 Å². The van der Waals surface area contributed by atoms with Gasteiger partial charge in [0, 0.05) is 11.4 Å². The minimum atomic E-state index is -0.0589. The second-order valence-corrected chi connectivity index (χ2v) is 6.78. The van der Waals surface area contributed by atoms with Crippen LogP contribution in [-0.4, -0.2) is 22.4 Å². The van der Waals surface area contributed by atoms with Crippen LogP contribution in [-0.2, 0) is 6.54 Å². The molecule has 5 nitrogen and oxygen atoms in total. The summed E-state index contributed by atoms with van der Waals surface area (Å²) in [6.07, 6.45) is 1.53. The van der Waals surface area contributed by atoms with Crippen molar-refractivity contribution in [3.05, 3.63) is 39.2 Å². The summed E-state index contributed by atoms with van der Waals surface area (Å²) in [5.41, 5.74) is 0.931. The molecule has 0 saturated heterocycles. The van der Waals surface area contributed by atoms with E-state index in [4.69, 9.17) is 0 Å². The second kappa shape index (κ2) is 6.41. The molecular formula is C15H16N4OS2. The minimum Gasteiger partial charge on any atom is -0.370 e. The van der Waals surface area contributed by atoms with Gasteiger partial charge in [0.2, 0.25) is 0 Å². The van der Waals surface area contributed by atoms with Crippen LogP contribution in [0.3, 0.4) is 0 Å². The average molecular weight is 332 g/mol. The molecule has 0 bridgehead atoms. The fourth-order valence-corrected chi connectivity index (χ4v) is 3.96. The molecule has 0 aromatic carbocycles. The number of nitrogens with zero attached hydrogens (tertiary/aromatic N) is 2. The van der Waals surface area contributed by atoms with Gasteiger partial charge < -0.3 is 10.6 Å². The van der Waals surface area contributed by atoms with E-state index in [1.54, 1.807) is 11.3 Å². The van der Waals surface area contributed by atoms with E-state index in [0.717, 1.165) is 33.0 Å². The van der Waals surface area contributed by atoms with Crippen molar-refractivity contribution >= 4 is 44.6 Å². The van der Waals surface area contributed by atoms with Gasteiger partial charge in [-0.2, -0.15) is 0 Å². The monoisotopic (exact) mass is 332 g/mol. The normalized spacial score (nSPS) is 10.8. The van der Waals surface area contributed by atoms with Crippen LogP contribution in [0.5, 0.6) is 0 Å². The number of rotatable bonds is 5. The predicted molar refractivity (Wildman–Crippen MR) is 91.8 cm³/mol. The summed E-state index contributed by atoms with van der Waals surface area (Å²) in [6.45, 7) is 5.30. The van der Waals surface area contributed by atoms with Crippen LogP contribution in [0.4, 0.5) is 5.82 Å². The number of amides is 1. The Hall–Kier alpha value is -1.99. The predicted octanol–water partition coefficient (Wildman–Crippen LogP) is 3.42. The fourth-order valence-electron chi connectivity index (χ4n) is 2.25. The molecule has 0 radical (unpaired) electrons. The van der Waals surface area contributed by atoms with Crippen molar-refractivity contribution in [3.63, 3.8) is 0 Å². The Labute approximate surface area is 136 Å². The van der Waals surface area contributed by atoms with Gasteiger partial charge in [0.15, 0.2) is 0 Å². The zero-order valence-corrected chi connectivity index (χ0v) is 14.0. The molecule has 0 fully saturated rings. The number of carbonyl (C=O) groups is 1. The van der Waals surface area contributed by atoms with E-state index >= 15 is 0 Å². The van der Waals surface area contributed by atoms with Gasteiger partial charge >= 0.3 is 0 Å². The lowest BCUT2D eigenvalue weighted by Crippen LogP contribution is -2.21. The first-order valence-corrected chi connectivity index (χ1v) is 8.69. The number of anilines is 1. The SMILES string of the molecule is CCNc1ncnc2sc(C(=O)NCc3cccs3)c(C)c12. The van der Waals surface area contributed by atoms with Gasteiger partial charge in [0.25, 0.3) is 5.91 Å². The number of hydrogen-bond acceptors (Lipinski definition) is 6. The highest BCUT2D eigenvalue weighted by Crippen LogP contribution is 2.33. The largest absolute Gasteiger partial charge is 0.370 e. The van der Waals surface area contributed by atoms with E-state index in [0.29, 0.717) is 11.4 Å². The van der Waals surface area contributed by atoms with Gasteiger partial charge in [-0.15, -0.1) is 22.7 Å². The summed E-state index contributed by atoms with van der Waals surface area (Å²) < 4.78 is 0. The first kappa shape index (κ1) is 14.9. The van der Waals surface area contributed by atoms with E-state index in [1.165, 1.54) is 17.7 Å². The maximum absolute atomic E-state index is 12.4. The van der Waals surface area contributed by atoms with Gasteiger partial charge in [-0.1, -0.05) is 6.07 Å². The fraction of sp³-hybridized carbons (Fsp3) is 0.267. The minimum absolute atomic E-state index is 0.0589. The summed E-state index contributed by atoms with van der Waals surface area (Å²) in [7, 11) is 0. The second-order valence-electron chi connectivity index (χ2n) is 4.75. The lowest BCUT2D eigenvalue weighted by atomic mass is 10.2. The molecule has 7 heteroatoms. The quantitative estimate of drug-likeness (QED) is 0.751. The molecular weight excluding hydrogens is 316 g/mol. The van der Waals surface area contributed by atoms with Crippen molar-refractivity contribution in [2.24, 2.45) is 0 Å². The molecule has 3 heterocycles. The standard InChI is InChI=1S/C15H16N4OS2/c1-3-16-13-11-9(2)12(22-15(11)19-8-18-13)14(20)17-7-10-5-4-6-21-10/h4-6,8H,3,7H2,1-2H3,(H,17,20)(H,16,18,19). The Morgan fingerprint density at radius 3 is 2.95 bits per heavy atom. The highest BCUT2D eigenvalue weighted by molar-refractivity contribution is 7.20. The lowest BCUT2D eigenvalue weighted by Gasteiger charge is -2.04.